The van der Waals surface area contributed by atoms with Gasteiger partial charge in [-0.2, -0.15) is 0 Å². The van der Waals surface area contributed by atoms with E-state index in [0.717, 1.165) is 13.1 Å². The molecule has 2 N–H and O–H groups in total. The Morgan fingerprint density at radius 3 is 2.79 bits per heavy atom. The highest BCUT2D eigenvalue weighted by Crippen LogP contribution is 2.56. The zero-order valence-electron chi connectivity index (χ0n) is 10.5. The van der Waals surface area contributed by atoms with Crippen LogP contribution in [-0.2, 0) is 12.0 Å². The molecule has 1 spiro atoms. The molecule has 1 aromatic carbocycles. The fourth-order valence-electron chi connectivity index (χ4n) is 3.04. The third kappa shape index (κ3) is 1.99. The van der Waals surface area contributed by atoms with Crippen molar-refractivity contribution in [2.45, 2.75) is 24.8 Å². The summed E-state index contributed by atoms with van der Waals surface area (Å²) in [4.78, 5) is 7.87. The molecule has 2 aliphatic rings. The number of benzene rings is 1. The van der Waals surface area contributed by atoms with E-state index in [1.165, 1.54) is 23.4 Å². The highest BCUT2D eigenvalue weighted by molar-refractivity contribution is 7.15. The van der Waals surface area contributed by atoms with E-state index in [1.54, 1.807) is 16.9 Å². The van der Waals surface area contributed by atoms with Gasteiger partial charge in [-0.05, 0) is 24.5 Å². The number of anilines is 2. The van der Waals surface area contributed by atoms with Gasteiger partial charge in [0.25, 0.3) is 0 Å². The number of nitrogens with two attached hydrogens (primary N) is 1. The van der Waals surface area contributed by atoms with E-state index < -0.39 is 0 Å². The molecule has 2 heterocycles. The van der Waals surface area contributed by atoms with Gasteiger partial charge in [-0.15, -0.1) is 23.7 Å². The molecule has 1 aliphatic heterocycles. The van der Waals surface area contributed by atoms with Gasteiger partial charge in [0.2, 0.25) is 0 Å². The minimum absolute atomic E-state index is 0. The maximum absolute atomic E-state index is 5.70. The number of nitrogen functional groups attached to an aromatic ring is 1. The summed E-state index contributed by atoms with van der Waals surface area (Å²) >= 11 is 1.59. The first-order chi connectivity index (χ1) is 8.77. The molecule has 1 aliphatic carbocycles. The van der Waals surface area contributed by atoms with E-state index in [1.807, 2.05) is 6.20 Å². The van der Waals surface area contributed by atoms with Crippen molar-refractivity contribution in [2.24, 2.45) is 0 Å². The molecule has 0 radical (unpaired) electrons. The third-order valence-corrected chi connectivity index (χ3v) is 4.89. The number of nitrogens with zero attached hydrogens (tertiary/aromatic N) is 2. The molecule has 1 aromatic heterocycles. The minimum atomic E-state index is 0. The second-order valence-electron chi connectivity index (χ2n) is 5.32. The highest BCUT2D eigenvalue weighted by Gasteiger charge is 2.51. The predicted octanol–water partition coefficient (Wildman–Crippen LogP) is 3.20. The minimum Gasteiger partial charge on any atom is -0.375 e. The fourth-order valence-corrected chi connectivity index (χ4v) is 3.74. The average molecular weight is 294 g/mol. The van der Waals surface area contributed by atoms with Crippen molar-refractivity contribution in [3.8, 4) is 0 Å². The Morgan fingerprint density at radius 1 is 1.32 bits per heavy atom. The number of rotatable bonds is 2. The van der Waals surface area contributed by atoms with Gasteiger partial charge in [0.05, 0.1) is 6.54 Å². The van der Waals surface area contributed by atoms with Crippen molar-refractivity contribution in [1.82, 2.24) is 4.98 Å². The number of hydrogen-bond donors (Lipinski definition) is 1. The smallest absolute Gasteiger partial charge is 0.180 e. The summed E-state index contributed by atoms with van der Waals surface area (Å²) in [5, 5.41) is 0.665. The SMILES string of the molecule is Cl.Nc1ncc(CN2CC3(CC3)c3ccccc32)s1. The molecule has 0 saturated heterocycles. The molecule has 1 saturated carbocycles. The summed E-state index contributed by atoms with van der Waals surface area (Å²) in [7, 11) is 0. The van der Waals surface area contributed by atoms with Gasteiger partial charge in [0.15, 0.2) is 5.13 Å². The van der Waals surface area contributed by atoms with Gasteiger partial charge in [-0.3, -0.25) is 0 Å². The molecular formula is C14H16ClN3S. The molecule has 0 atom stereocenters. The summed E-state index contributed by atoms with van der Waals surface area (Å²) in [6.07, 6.45) is 4.58. The predicted molar refractivity (Wildman–Crippen MR) is 82.2 cm³/mol. The van der Waals surface area contributed by atoms with Crippen LogP contribution >= 0.6 is 23.7 Å². The van der Waals surface area contributed by atoms with Crippen molar-refractivity contribution < 1.29 is 0 Å². The molecule has 2 aromatic rings. The number of para-hydroxylation sites is 1. The number of hydrogen-bond acceptors (Lipinski definition) is 4. The van der Waals surface area contributed by atoms with Crippen LogP contribution in [0.2, 0.25) is 0 Å². The maximum atomic E-state index is 5.70. The largest absolute Gasteiger partial charge is 0.375 e. The molecule has 0 amide bonds. The first kappa shape index (κ1) is 12.8. The maximum Gasteiger partial charge on any atom is 0.180 e. The van der Waals surface area contributed by atoms with Crippen molar-refractivity contribution in [2.75, 3.05) is 17.2 Å². The number of aromatic nitrogens is 1. The Bertz CT molecular complexity index is 606. The Balaban J connectivity index is 0.00000110. The van der Waals surface area contributed by atoms with Crippen LogP contribution in [0.3, 0.4) is 0 Å². The number of fused-ring (bicyclic) bond motifs is 2. The summed E-state index contributed by atoms with van der Waals surface area (Å²) in [5.41, 5.74) is 9.12. The molecule has 19 heavy (non-hydrogen) atoms. The van der Waals surface area contributed by atoms with Crippen LogP contribution in [0.1, 0.15) is 23.3 Å². The first-order valence-electron chi connectivity index (χ1n) is 6.32. The molecule has 5 heteroatoms. The van der Waals surface area contributed by atoms with Crippen molar-refractivity contribution in [3.63, 3.8) is 0 Å². The fraction of sp³-hybridized carbons (Fsp3) is 0.357. The van der Waals surface area contributed by atoms with E-state index in [9.17, 15) is 0 Å². The number of thiazole rings is 1. The Labute approximate surface area is 122 Å². The molecule has 0 bridgehead atoms. The van der Waals surface area contributed by atoms with Crippen LogP contribution in [0, 0.1) is 0 Å². The lowest BCUT2D eigenvalue weighted by atomic mass is 9.99. The van der Waals surface area contributed by atoms with Crippen LogP contribution in [0.5, 0.6) is 0 Å². The summed E-state index contributed by atoms with van der Waals surface area (Å²) in [6.45, 7) is 2.10. The lowest BCUT2D eigenvalue weighted by molar-refractivity contribution is 0.698. The zero-order valence-corrected chi connectivity index (χ0v) is 12.1. The van der Waals surface area contributed by atoms with E-state index in [0.29, 0.717) is 10.5 Å². The van der Waals surface area contributed by atoms with E-state index >= 15 is 0 Å². The lowest BCUT2D eigenvalue weighted by Crippen LogP contribution is -2.23. The van der Waals surface area contributed by atoms with Crippen LogP contribution in [0.25, 0.3) is 0 Å². The van der Waals surface area contributed by atoms with Crippen LogP contribution < -0.4 is 10.6 Å². The quantitative estimate of drug-likeness (QED) is 0.924. The van der Waals surface area contributed by atoms with Gasteiger partial charge in [0.1, 0.15) is 0 Å². The van der Waals surface area contributed by atoms with Crippen molar-refractivity contribution >= 4 is 34.6 Å². The van der Waals surface area contributed by atoms with E-state index in [-0.39, 0.29) is 12.4 Å². The summed E-state index contributed by atoms with van der Waals surface area (Å²) in [5.74, 6) is 0. The summed E-state index contributed by atoms with van der Waals surface area (Å²) in [6, 6.07) is 8.83. The van der Waals surface area contributed by atoms with Gasteiger partial charge in [-0.25, -0.2) is 4.98 Å². The first-order valence-corrected chi connectivity index (χ1v) is 7.13. The van der Waals surface area contributed by atoms with Gasteiger partial charge in [0, 0.05) is 28.7 Å². The van der Waals surface area contributed by atoms with Gasteiger partial charge < -0.3 is 10.6 Å². The molecule has 1 fully saturated rings. The standard InChI is InChI=1S/C14H15N3S.ClH/c15-13-16-7-10(18-13)8-17-9-14(5-6-14)11-3-1-2-4-12(11)17;/h1-4,7H,5-6,8-9H2,(H2,15,16);1H. The normalized spacial score (nSPS) is 18.2. The second kappa shape index (κ2) is 4.39. The molecule has 0 unspecified atom stereocenters. The van der Waals surface area contributed by atoms with E-state index in [2.05, 4.69) is 34.1 Å². The Hall–Kier alpha value is -1.26. The monoisotopic (exact) mass is 293 g/mol. The lowest BCUT2D eigenvalue weighted by Gasteiger charge is -2.18. The van der Waals surface area contributed by atoms with Gasteiger partial charge in [-0.1, -0.05) is 18.2 Å². The molecule has 4 rings (SSSR count). The van der Waals surface area contributed by atoms with Crippen molar-refractivity contribution in [1.29, 1.82) is 0 Å². The highest BCUT2D eigenvalue weighted by atomic mass is 35.5. The van der Waals surface area contributed by atoms with Crippen LogP contribution in [0.4, 0.5) is 10.8 Å². The molecule has 3 nitrogen and oxygen atoms in total. The van der Waals surface area contributed by atoms with Gasteiger partial charge >= 0.3 is 0 Å². The average Bonchev–Trinajstić information content (AvgIpc) is 2.94. The Kier molecular flexibility index (Phi) is 2.95. The molecular weight excluding hydrogens is 278 g/mol. The number of halogens is 1. The van der Waals surface area contributed by atoms with Crippen LogP contribution in [0.15, 0.2) is 30.5 Å². The molecule has 100 valence electrons. The topological polar surface area (TPSA) is 42.1 Å². The zero-order chi connectivity index (χ0) is 12.2. The summed E-state index contributed by atoms with van der Waals surface area (Å²) < 4.78 is 0. The Morgan fingerprint density at radius 2 is 2.11 bits per heavy atom. The second-order valence-corrected chi connectivity index (χ2v) is 6.47. The third-order valence-electron chi connectivity index (χ3n) is 4.08. The van der Waals surface area contributed by atoms with E-state index in [4.69, 9.17) is 5.73 Å². The van der Waals surface area contributed by atoms with Crippen LogP contribution in [-0.4, -0.2) is 11.5 Å². The van der Waals surface area contributed by atoms with Crippen molar-refractivity contribution in [3.05, 3.63) is 40.9 Å².